The second-order valence-corrected chi connectivity index (χ2v) is 5.17. The Morgan fingerprint density at radius 1 is 1.37 bits per heavy atom. The van der Waals surface area contributed by atoms with Gasteiger partial charge >= 0.3 is 0 Å². The van der Waals surface area contributed by atoms with Crippen LogP contribution >= 0.6 is 0 Å². The van der Waals surface area contributed by atoms with E-state index in [1.54, 1.807) is 0 Å². The van der Waals surface area contributed by atoms with Crippen molar-refractivity contribution < 1.29 is 18.6 Å². The van der Waals surface area contributed by atoms with Crippen molar-refractivity contribution >= 4 is 0 Å². The summed E-state index contributed by atoms with van der Waals surface area (Å²) in [4.78, 5) is 0. The standard InChI is InChI=1S/C14H19F2NO2/c15-11-4-1-5-12(16)13(11)19-8-6-10-3-2-7-14(10,17)9-18/h1,4-5,10,18H,2-3,6-9,17H2. The Bertz CT molecular complexity index is 421. The third kappa shape index (κ3) is 3.04. The summed E-state index contributed by atoms with van der Waals surface area (Å²) in [5.41, 5.74) is 5.52. The number of ether oxygens (including phenoxy) is 1. The van der Waals surface area contributed by atoms with Crippen LogP contribution in [0.2, 0.25) is 0 Å². The molecule has 0 heterocycles. The van der Waals surface area contributed by atoms with E-state index in [2.05, 4.69) is 0 Å². The first-order valence-electron chi connectivity index (χ1n) is 6.53. The average molecular weight is 271 g/mol. The number of para-hydroxylation sites is 1. The SMILES string of the molecule is NC1(CO)CCCC1CCOc1c(F)cccc1F. The number of hydrogen-bond acceptors (Lipinski definition) is 3. The maximum absolute atomic E-state index is 13.3. The number of aliphatic hydroxyl groups is 1. The normalized spacial score (nSPS) is 26.6. The number of aliphatic hydroxyl groups excluding tert-OH is 1. The summed E-state index contributed by atoms with van der Waals surface area (Å²) in [5, 5.41) is 9.31. The van der Waals surface area contributed by atoms with Gasteiger partial charge in [-0.1, -0.05) is 12.5 Å². The Morgan fingerprint density at radius 3 is 2.68 bits per heavy atom. The molecule has 19 heavy (non-hydrogen) atoms. The summed E-state index contributed by atoms with van der Waals surface area (Å²) in [6.07, 6.45) is 3.25. The fraction of sp³-hybridized carbons (Fsp3) is 0.571. The number of rotatable bonds is 5. The van der Waals surface area contributed by atoms with E-state index in [1.165, 1.54) is 6.07 Å². The lowest BCUT2D eigenvalue weighted by molar-refractivity contribution is 0.141. The highest BCUT2D eigenvalue weighted by molar-refractivity contribution is 5.25. The first-order valence-corrected chi connectivity index (χ1v) is 6.53. The molecule has 0 radical (unpaired) electrons. The van der Waals surface area contributed by atoms with Crippen LogP contribution in [0, 0.1) is 17.6 Å². The summed E-state index contributed by atoms with van der Waals surface area (Å²) in [6, 6.07) is 3.62. The van der Waals surface area contributed by atoms with E-state index < -0.39 is 17.2 Å². The van der Waals surface area contributed by atoms with E-state index in [0.29, 0.717) is 6.42 Å². The quantitative estimate of drug-likeness (QED) is 0.863. The van der Waals surface area contributed by atoms with Crippen LogP contribution in [0.5, 0.6) is 5.75 Å². The zero-order chi connectivity index (χ0) is 13.9. The Morgan fingerprint density at radius 2 is 2.05 bits per heavy atom. The van der Waals surface area contributed by atoms with Crippen LogP contribution in [0.4, 0.5) is 8.78 Å². The Labute approximate surface area is 111 Å². The van der Waals surface area contributed by atoms with Gasteiger partial charge in [-0.2, -0.15) is 0 Å². The monoisotopic (exact) mass is 271 g/mol. The smallest absolute Gasteiger partial charge is 0.190 e. The number of hydrogen-bond donors (Lipinski definition) is 2. The first-order chi connectivity index (χ1) is 9.07. The molecule has 0 amide bonds. The molecular weight excluding hydrogens is 252 g/mol. The highest BCUT2D eigenvalue weighted by Crippen LogP contribution is 2.35. The van der Waals surface area contributed by atoms with Crippen LogP contribution < -0.4 is 10.5 Å². The molecule has 1 aromatic carbocycles. The maximum Gasteiger partial charge on any atom is 0.190 e. The Kier molecular flexibility index (Phi) is 4.37. The summed E-state index contributed by atoms with van der Waals surface area (Å²) in [5.74, 6) is -1.61. The molecule has 3 N–H and O–H groups in total. The summed E-state index contributed by atoms with van der Waals surface area (Å²) in [6.45, 7) is 0.132. The van der Waals surface area contributed by atoms with Crippen molar-refractivity contribution in [1.29, 1.82) is 0 Å². The van der Waals surface area contributed by atoms with Gasteiger partial charge in [0.25, 0.3) is 0 Å². The molecule has 3 nitrogen and oxygen atoms in total. The minimum Gasteiger partial charge on any atom is -0.488 e. The van der Waals surface area contributed by atoms with Crippen molar-refractivity contribution in [3.05, 3.63) is 29.8 Å². The fourth-order valence-electron chi connectivity index (χ4n) is 2.73. The molecule has 0 spiro atoms. The van der Waals surface area contributed by atoms with Crippen molar-refractivity contribution in [2.75, 3.05) is 13.2 Å². The number of nitrogens with two attached hydrogens (primary N) is 1. The molecule has 0 aliphatic heterocycles. The molecule has 1 aliphatic carbocycles. The van der Waals surface area contributed by atoms with Crippen LogP contribution in [0.1, 0.15) is 25.7 Å². The van der Waals surface area contributed by atoms with Crippen molar-refractivity contribution in [3.8, 4) is 5.75 Å². The molecule has 2 rings (SSSR count). The molecule has 2 unspecified atom stereocenters. The van der Waals surface area contributed by atoms with Crippen LogP contribution in [-0.2, 0) is 0 Å². The van der Waals surface area contributed by atoms with E-state index in [1.807, 2.05) is 0 Å². The molecule has 0 saturated heterocycles. The number of benzene rings is 1. The highest BCUT2D eigenvalue weighted by Gasteiger charge is 2.38. The van der Waals surface area contributed by atoms with E-state index in [0.717, 1.165) is 31.4 Å². The summed E-state index contributed by atoms with van der Waals surface area (Å²) >= 11 is 0. The van der Waals surface area contributed by atoms with Gasteiger partial charge in [0.15, 0.2) is 17.4 Å². The maximum atomic E-state index is 13.3. The molecule has 1 aromatic rings. The van der Waals surface area contributed by atoms with Gasteiger partial charge in [0.2, 0.25) is 0 Å². The lowest BCUT2D eigenvalue weighted by Crippen LogP contribution is -2.47. The van der Waals surface area contributed by atoms with Gasteiger partial charge in [-0.3, -0.25) is 0 Å². The van der Waals surface area contributed by atoms with Gasteiger partial charge in [0.05, 0.1) is 13.2 Å². The summed E-state index contributed by atoms with van der Waals surface area (Å²) < 4.78 is 31.9. The van der Waals surface area contributed by atoms with Gasteiger partial charge in [-0.25, -0.2) is 8.78 Å². The van der Waals surface area contributed by atoms with E-state index in [-0.39, 0.29) is 24.9 Å². The molecule has 106 valence electrons. The fourth-order valence-corrected chi connectivity index (χ4v) is 2.73. The highest BCUT2D eigenvalue weighted by atomic mass is 19.1. The largest absolute Gasteiger partial charge is 0.488 e. The molecule has 0 aromatic heterocycles. The van der Waals surface area contributed by atoms with Gasteiger partial charge in [0, 0.05) is 5.54 Å². The Hall–Kier alpha value is -1.20. The average Bonchev–Trinajstić information content (AvgIpc) is 2.75. The second kappa shape index (κ2) is 5.84. The van der Waals surface area contributed by atoms with Crippen LogP contribution in [0.25, 0.3) is 0 Å². The lowest BCUT2D eigenvalue weighted by atomic mass is 9.87. The molecule has 1 fully saturated rings. The van der Waals surface area contributed by atoms with Gasteiger partial charge in [-0.15, -0.1) is 0 Å². The third-order valence-electron chi connectivity index (χ3n) is 3.93. The number of halogens is 2. The van der Waals surface area contributed by atoms with E-state index in [4.69, 9.17) is 10.5 Å². The minimum atomic E-state index is -0.701. The minimum absolute atomic E-state index is 0.0638. The van der Waals surface area contributed by atoms with Crippen molar-refractivity contribution in [2.24, 2.45) is 11.7 Å². The van der Waals surface area contributed by atoms with E-state index >= 15 is 0 Å². The predicted octanol–water partition coefficient (Wildman–Crippen LogP) is 2.22. The van der Waals surface area contributed by atoms with Crippen molar-refractivity contribution in [1.82, 2.24) is 0 Å². The molecule has 0 bridgehead atoms. The lowest BCUT2D eigenvalue weighted by Gasteiger charge is -2.29. The molecule has 5 heteroatoms. The van der Waals surface area contributed by atoms with Crippen LogP contribution in [0.3, 0.4) is 0 Å². The predicted molar refractivity (Wildman–Crippen MR) is 67.8 cm³/mol. The van der Waals surface area contributed by atoms with Crippen LogP contribution in [-0.4, -0.2) is 23.9 Å². The van der Waals surface area contributed by atoms with Gasteiger partial charge in [-0.05, 0) is 37.3 Å². The van der Waals surface area contributed by atoms with Crippen LogP contribution in [0.15, 0.2) is 18.2 Å². The first kappa shape index (κ1) is 14.2. The molecule has 1 aliphatic rings. The van der Waals surface area contributed by atoms with Crippen molar-refractivity contribution in [3.63, 3.8) is 0 Å². The summed E-state index contributed by atoms with van der Waals surface area (Å²) in [7, 11) is 0. The second-order valence-electron chi connectivity index (χ2n) is 5.17. The van der Waals surface area contributed by atoms with E-state index in [9.17, 15) is 13.9 Å². The zero-order valence-electron chi connectivity index (χ0n) is 10.7. The van der Waals surface area contributed by atoms with Crippen molar-refractivity contribution in [2.45, 2.75) is 31.2 Å². The molecule has 1 saturated carbocycles. The Balaban J connectivity index is 1.90. The molecular formula is C14H19F2NO2. The topological polar surface area (TPSA) is 55.5 Å². The van der Waals surface area contributed by atoms with Gasteiger partial charge < -0.3 is 15.6 Å². The third-order valence-corrected chi connectivity index (χ3v) is 3.93. The molecule has 2 atom stereocenters. The zero-order valence-corrected chi connectivity index (χ0v) is 10.7. The van der Waals surface area contributed by atoms with Gasteiger partial charge in [0.1, 0.15) is 0 Å².